The predicted octanol–water partition coefficient (Wildman–Crippen LogP) is 7.02. The Balaban J connectivity index is 1.75. The lowest BCUT2D eigenvalue weighted by Gasteiger charge is -2.19. The molecule has 0 saturated carbocycles. The lowest BCUT2D eigenvalue weighted by Crippen LogP contribution is -2.00. The lowest BCUT2D eigenvalue weighted by molar-refractivity contribution is 0.358. The summed E-state index contributed by atoms with van der Waals surface area (Å²) >= 11 is 0. The van der Waals surface area contributed by atoms with E-state index in [1.165, 1.54) is 0 Å². The number of fused-ring (bicyclic) bond motifs is 3. The monoisotopic (exact) mass is 336 g/mol. The lowest BCUT2D eigenvalue weighted by atomic mass is 10.1. The Morgan fingerprint density at radius 3 is 1.64 bits per heavy atom. The minimum atomic E-state index is 0.770. The summed E-state index contributed by atoms with van der Waals surface area (Å²) in [5, 5.41) is 2.30. The van der Waals surface area contributed by atoms with Crippen LogP contribution in [-0.2, 0) is 12.8 Å². The normalized spacial score (nSPS) is 12.4. The van der Waals surface area contributed by atoms with Gasteiger partial charge in [-0.3, -0.25) is 0 Å². The number of unbranched alkanes of at least 4 members (excludes halogenated alkanes) is 2. The molecule has 1 aliphatic rings. The number of ether oxygens (including phenoxy) is 2. The van der Waals surface area contributed by atoms with E-state index < -0.39 is 0 Å². The Labute approximate surface area is 148 Å². The highest BCUT2D eigenvalue weighted by Gasteiger charge is 2.29. The van der Waals surface area contributed by atoms with Crippen molar-refractivity contribution < 1.29 is 13.9 Å². The van der Waals surface area contributed by atoms with Crippen LogP contribution in [0.1, 0.15) is 51.1 Å². The van der Waals surface area contributed by atoms with E-state index in [0.29, 0.717) is 0 Å². The van der Waals surface area contributed by atoms with Crippen LogP contribution in [0.3, 0.4) is 0 Å². The maximum Gasteiger partial charge on any atom is 0.211 e. The van der Waals surface area contributed by atoms with Crippen molar-refractivity contribution >= 4 is 10.8 Å². The first kappa shape index (κ1) is 16.1. The quantitative estimate of drug-likeness (QED) is 0.379. The van der Waals surface area contributed by atoms with E-state index in [9.17, 15) is 0 Å². The SMILES string of the molecule is CCCCc1oc(CCCC)c2c1Oc1cc3ccccc3cc1O2. The average molecular weight is 336 g/mol. The van der Waals surface area contributed by atoms with Gasteiger partial charge in [0.2, 0.25) is 11.5 Å². The molecule has 0 fully saturated rings. The molecule has 0 unspecified atom stereocenters. The molecule has 2 heterocycles. The van der Waals surface area contributed by atoms with Gasteiger partial charge in [-0.25, -0.2) is 0 Å². The number of benzene rings is 2. The summed E-state index contributed by atoms with van der Waals surface area (Å²) < 4.78 is 18.7. The highest BCUT2D eigenvalue weighted by atomic mass is 16.6. The van der Waals surface area contributed by atoms with Gasteiger partial charge in [0.15, 0.2) is 23.0 Å². The fourth-order valence-corrected chi connectivity index (χ4v) is 3.28. The van der Waals surface area contributed by atoms with Crippen LogP contribution in [0.25, 0.3) is 10.8 Å². The van der Waals surface area contributed by atoms with Gasteiger partial charge in [0.25, 0.3) is 0 Å². The first-order valence-corrected chi connectivity index (χ1v) is 9.33. The maximum absolute atomic E-state index is 6.26. The van der Waals surface area contributed by atoms with Gasteiger partial charge < -0.3 is 13.9 Å². The van der Waals surface area contributed by atoms with Gasteiger partial charge in [0, 0.05) is 12.8 Å². The molecular weight excluding hydrogens is 312 g/mol. The molecule has 1 aliphatic heterocycles. The van der Waals surface area contributed by atoms with Crippen LogP contribution in [0, 0.1) is 0 Å². The Morgan fingerprint density at radius 1 is 0.720 bits per heavy atom. The molecular formula is C22H24O3. The number of aryl methyl sites for hydroxylation is 2. The number of hydrogen-bond acceptors (Lipinski definition) is 3. The minimum Gasteiger partial charge on any atom is -0.458 e. The van der Waals surface area contributed by atoms with Crippen molar-refractivity contribution in [1.82, 2.24) is 0 Å². The minimum absolute atomic E-state index is 0.770. The second-order valence-corrected chi connectivity index (χ2v) is 6.66. The van der Waals surface area contributed by atoms with Crippen molar-refractivity contribution in [3.05, 3.63) is 47.9 Å². The fourth-order valence-electron chi connectivity index (χ4n) is 3.28. The highest BCUT2D eigenvalue weighted by molar-refractivity contribution is 5.86. The summed E-state index contributed by atoms with van der Waals surface area (Å²) in [5.74, 6) is 4.94. The zero-order valence-electron chi connectivity index (χ0n) is 14.9. The third kappa shape index (κ3) is 2.99. The van der Waals surface area contributed by atoms with Gasteiger partial charge in [0.05, 0.1) is 0 Å². The van der Waals surface area contributed by atoms with Crippen molar-refractivity contribution in [2.75, 3.05) is 0 Å². The highest BCUT2D eigenvalue weighted by Crippen LogP contribution is 2.51. The molecule has 0 radical (unpaired) electrons. The maximum atomic E-state index is 6.26. The van der Waals surface area contributed by atoms with Gasteiger partial charge in [-0.05, 0) is 35.7 Å². The standard InChI is InChI=1S/C22H24O3/c1-3-5-11-17-21-22(18(23-17)12-6-4-2)25-20-14-16-10-8-7-9-15(16)13-19(20)24-21/h7-10,13-14H,3-6,11-12H2,1-2H3. The number of hydrogen-bond donors (Lipinski definition) is 0. The van der Waals surface area contributed by atoms with Crippen LogP contribution in [0.4, 0.5) is 0 Å². The third-order valence-electron chi connectivity index (χ3n) is 4.71. The van der Waals surface area contributed by atoms with E-state index in [1.807, 2.05) is 12.1 Å². The molecule has 2 aromatic carbocycles. The molecule has 0 spiro atoms. The van der Waals surface area contributed by atoms with Crippen molar-refractivity contribution in [2.45, 2.75) is 52.4 Å². The second kappa shape index (κ2) is 6.83. The van der Waals surface area contributed by atoms with Gasteiger partial charge in [-0.2, -0.15) is 0 Å². The third-order valence-corrected chi connectivity index (χ3v) is 4.71. The number of furan rings is 1. The van der Waals surface area contributed by atoms with Gasteiger partial charge in [0.1, 0.15) is 0 Å². The molecule has 130 valence electrons. The van der Waals surface area contributed by atoms with Crippen LogP contribution in [0.5, 0.6) is 23.0 Å². The van der Waals surface area contributed by atoms with E-state index >= 15 is 0 Å². The van der Waals surface area contributed by atoms with E-state index in [-0.39, 0.29) is 0 Å². The smallest absolute Gasteiger partial charge is 0.211 e. The summed E-state index contributed by atoms with van der Waals surface area (Å²) in [7, 11) is 0. The molecule has 0 aliphatic carbocycles. The van der Waals surface area contributed by atoms with Crippen LogP contribution >= 0.6 is 0 Å². The Morgan fingerprint density at radius 2 is 1.20 bits per heavy atom. The second-order valence-electron chi connectivity index (χ2n) is 6.66. The van der Waals surface area contributed by atoms with Crippen LogP contribution in [-0.4, -0.2) is 0 Å². The first-order valence-electron chi connectivity index (χ1n) is 9.33. The average Bonchev–Trinajstić information content (AvgIpc) is 2.97. The molecule has 3 nitrogen and oxygen atoms in total. The summed E-state index contributed by atoms with van der Waals surface area (Å²) in [6.07, 6.45) is 6.19. The Kier molecular flexibility index (Phi) is 4.39. The van der Waals surface area contributed by atoms with E-state index in [0.717, 1.165) is 83.8 Å². The van der Waals surface area contributed by atoms with Gasteiger partial charge in [-0.15, -0.1) is 0 Å². The summed E-state index contributed by atoms with van der Waals surface area (Å²) in [6.45, 7) is 4.37. The van der Waals surface area contributed by atoms with Crippen LogP contribution < -0.4 is 9.47 Å². The summed E-state index contributed by atoms with van der Waals surface area (Å²) in [5.41, 5.74) is 0. The molecule has 0 N–H and O–H groups in total. The van der Waals surface area contributed by atoms with Crippen LogP contribution in [0.2, 0.25) is 0 Å². The van der Waals surface area contributed by atoms with Crippen molar-refractivity contribution in [1.29, 1.82) is 0 Å². The van der Waals surface area contributed by atoms with Crippen LogP contribution in [0.15, 0.2) is 40.8 Å². The van der Waals surface area contributed by atoms with Crippen molar-refractivity contribution in [3.8, 4) is 23.0 Å². The molecule has 0 atom stereocenters. The largest absolute Gasteiger partial charge is 0.458 e. The zero-order valence-corrected chi connectivity index (χ0v) is 14.9. The Bertz CT molecular complexity index is 821. The summed E-state index contributed by atoms with van der Waals surface area (Å²) in [6, 6.07) is 12.4. The molecule has 3 aromatic rings. The van der Waals surface area contributed by atoms with Crippen molar-refractivity contribution in [2.24, 2.45) is 0 Å². The molecule has 0 saturated heterocycles. The zero-order chi connectivity index (χ0) is 17.2. The van der Waals surface area contributed by atoms with E-state index in [4.69, 9.17) is 13.9 Å². The van der Waals surface area contributed by atoms with Crippen molar-refractivity contribution in [3.63, 3.8) is 0 Å². The molecule has 1 aromatic heterocycles. The molecule has 0 amide bonds. The van der Waals surface area contributed by atoms with E-state index in [1.54, 1.807) is 0 Å². The first-order chi connectivity index (χ1) is 12.3. The number of rotatable bonds is 6. The predicted molar refractivity (Wildman–Crippen MR) is 100 cm³/mol. The van der Waals surface area contributed by atoms with Gasteiger partial charge in [-0.1, -0.05) is 51.0 Å². The topological polar surface area (TPSA) is 31.6 Å². The Hall–Kier alpha value is -2.42. The van der Waals surface area contributed by atoms with Gasteiger partial charge >= 0.3 is 0 Å². The summed E-state index contributed by atoms with van der Waals surface area (Å²) in [4.78, 5) is 0. The molecule has 25 heavy (non-hydrogen) atoms. The molecule has 4 rings (SSSR count). The molecule has 3 heteroatoms. The van der Waals surface area contributed by atoms with E-state index in [2.05, 4.69) is 38.1 Å². The molecule has 0 bridgehead atoms. The fraction of sp³-hybridized carbons (Fsp3) is 0.364.